The van der Waals surface area contributed by atoms with E-state index in [0.29, 0.717) is 36.3 Å². The summed E-state index contributed by atoms with van der Waals surface area (Å²) in [5.41, 5.74) is 0. The van der Waals surface area contributed by atoms with Gasteiger partial charge in [0.2, 0.25) is 6.79 Å². The predicted octanol–water partition coefficient (Wildman–Crippen LogP) is 1.45. The number of nitrogens with zero attached hydrogens (tertiary/aromatic N) is 3. The van der Waals surface area contributed by atoms with E-state index in [1.165, 1.54) is 6.33 Å². The van der Waals surface area contributed by atoms with Crippen molar-refractivity contribution in [2.24, 2.45) is 0 Å². The average molecular weight is 372 g/mol. The molecule has 1 atom stereocenters. The highest BCUT2D eigenvalue weighted by molar-refractivity contribution is 5.93. The van der Waals surface area contributed by atoms with Crippen molar-refractivity contribution in [3.05, 3.63) is 30.6 Å². The number of nitrogens with one attached hydrogen (secondary N) is 1. The Morgan fingerprint density at radius 2 is 2.00 bits per heavy atom. The molecule has 0 bridgehead atoms. The summed E-state index contributed by atoms with van der Waals surface area (Å²) in [7, 11) is 0. The van der Waals surface area contributed by atoms with E-state index < -0.39 is 6.10 Å². The first-order chi connectivity index (χ1) is 13.2. The number of carbonyl (C=O) groups is 1. The van der Waals surface area contributed by atoms with Crippen molar-refractivity contribution >= 4 is 17.5 Å². The molecule has 1 saturated heterocycles. The average Bonchev–Trinajstić information content (AvgIpc) is 3.16. The van der Waals surface area contributed by atoms with Gasteiger partial charge in [0.05, 0.1) is 13.2 Å². The van der Waals surface area contributed by atoms with E-state index in [4.69, 9.17) is 18.9 Å². The summed E-state index contributed by atoms with van der Waals surface area (Å²) in [5, 5.41) is 2.76. The smallest absolute Gasteiger partial charge is 0.266 e. The fraction of sp³-hybridized carbons (Fsp3) is 0.389. The second-order valence-electron chi connectivity index (χ2n) is 6.13. The summed E-state index contributed by atoms with van der Waals surface area (Å²) in [6.45, 7) is 4.69. The van der Waals surface area contributed by atoms with Gasteiger partial charge >= 0.3 is 0 Å². The molecule has 1 fully saturated rings. The molecule has 1 unspecified atom stereocenters. The number of fused-ring (bicyclic) bond motifs is 1. The monoisotopic (exact) mass is 372 g/mol. The molecule has 3 heterocycles. The van der Waals surface area contributed by atoms with Crippen molar-refractivity contribution in [1.82, 2.24) is 9.97 Å². The normalized spacial score (nSPS) is 16.7. The number of morpholine rings is 1. The summed E-state index contributed by atoms with van der Waals surface area (Å²) in [6, 6.07) is 6.93. The van der Waals surface area contributed by atoms with Gasteiger partial charge in [-0.25, -0.2) is 9.97 Å². The summed E-state index contributed by atoms with van der Waals surface area (Å²) >= 11 is 0. The molecule has 1 amide bonds. The molecule has 9 heteroatoms. The van der Waals surface area contributed by atoms with E-state index >= 15 is 0 Å². The van der Waals surface area contributed by atoms with E-state index in [-0.39, 0.29) is 12.7 Å². The lowest BCUT2D eigenvalue weighted by Gasteiger charge is -2.27. The zero-order valence-corrected chi connectivity index (χ0v) is 14.9. The van der Waals surface area contributed by atoms with Crippen molar-refractivity contribution < 1.29 is 23.7 Å². The molecule has 2 aliphatic rings. The zero-order chi connectivity index (χ0) is 18.6. The summed E-state index contributed by atoms with van der Waals surface area (Å²) in [4.78, 5) is 22.9. The Bertz CT molecular complexity index is 825. The van der Waals surface area contributed by atoms with Gasteiger partial charge in [0.25, 0.3) is 5.91 Å². The SMILES string of the molecule is CC(Oc1ccc2c(c1)OCO2)C(=O)Nc1cc(N2CCOCC2)ncn1. The van der Waals surface area contributed by atoms with Gasteiger partial charge in [-0.2, -0.15) is 0 Å². The highest BCUT2D eigenvalue weighted by atomic mass is 16.7. The molecule has 9 nitrogen and oxygen atoms in total. The van der Waals surface area contributed by atoms with Gasteiger partial charge in [-0.1, -0.05) is 0 Å². The minimum Gasteiger partial charge on any atom is -0.481 e. The third kappa shape index (κ3) is 4.03. The largest absolute Gasteiger partial charge is 0.481 e. The second-order valence-corrected chi connectivity index (χ2v) is 6.13. The lowest BCUT2D eigenvalue weighted by molar-refractivity contribution is -0.122. The van der Waals surface area contributed by atoms with Gasteiger partial charge in [0.15, 0.2) is 17.6 Å². The number of rotatable bonds is 5. The van der Waals surface area contributed by atoms with Gasteiger partial charge in [-0.15, -0.1) is 0 Å². The molecule has 1 N–H and O–H groups in total. The predicted molar refractivity (Wildman–Crippen MR) is 96.3 cm³/mol. The van der Waals surface area contributed by atoms with Crippen LogP contribution in [0.2, 0.25) is 0 Å². The van der Waals surface area contributed by atoms with Crippen LogP contribution >= 0.6 is 0 Å². The quantitative estimate of drug-likeness (QED) is 0.843. The fourth-order valence-electron chi connectivity index (χ4n) is 2.82. The Hall–Kier alpha value is -3.07. The first kappa shape index (κ1) is 17.3. The topological polar surface area (TPSA) is 95.0 Å². The molecule has 0 spiro atoms. The number of anilines is 2. The molecular weight excluding hydrogens is 352 g/mol. The number of carbonyl (C=O) groups excluding carboxylic acids is 1. The van der Waals surface area contributed by atoms with E-state index in [2.05, 4.69) is 20.2 Å². The van der Waals surface area contributed by atoms with Crippen LogP contribution in [-0.4, -0.2) is 55.1 Å². The number of hydrogen-bond acceptors (Lipinski definition) is 8. The Morgan fingerprint density at radius 1 is 1.19 bits per heavy atom. The standard InChI is InChI=1S/C18H20N4O5/c1-12(27-13-2-3-14-15(8-13)26-11-25-14)18(23)21-16-9-17(20-10-19-16)22-4-6-24-7-5-22/h2-3,8-10,12H,4-7,11H2,1H3,(H,19,20,21,23). The van der Waals surface area contributed by atoms with Gasteiger partial charge < -0.3 is 29.2 Å². The molecule has 1 aromatic heterocycles. The Kier molecular flexibility index (Phi) is 4.93. The molecule has 4 rings (SSSR count). The number of benzene rings is 1. The van der Waals surface area contributed by atoms with Crippen LogP contribution in [0.4, 0.5) is 11.6 Å². The minimum absolute atomic E-state index is 0.189. The minimum atomic E-state index is -0.716. The lowest BCUT2D eigenvalue weighted by Crippen LogP contribution is -2.37. The van der Waals surface area contributed by atoms with E-state index in [9.17, 15) is 4.79 Å². The van der Waals surface area contributed by atoms with Crippen molar-refractivity contribution in [2.75, 3.05) is 43.3 Å². The van der Waals surface area contributed by atoms with Crippen LogP contribution in [0.5, 0.6) is 17.2 Å². The van der Waals surface area contributed by atoms with Crippen LogP contribution in [0.25, 0.3) is 0 Å². The highest BCUT2D eigenvalue weighted by Crippen LogP contribution is 2.35. The van der Waals surface area contributed by atoms with Crippen LogP contribution in [-0.2, 0) is 9.53 Å². The molecular formula is C18H20N4O5. The number of ether oxygens (including phenoxy) is 4. The summed E-state index contributed by atoms with van der Waals surface area (Å²) in [5.74, 6) is 2.67. The maximum atomic E-state index is 12.5. The van der Waals surface area contributed by atoms with Gasteiger partial charge in [-0.3, -0.25) is 4.79 Å². The van der Waals surface area contributed by atoms with Crippen molar-refractivity contribution in [2.45, 2.75) is 13.0 Å². The third-order valence-corrected chi connectivity index (χ3v) is 4.27. The molecule has 0 saturated carbocycles. The van der Waals surface area contributed by atoms with Gasteiger partial charge in [0, 0.05) is 25.2 Å². The number of amides is 1. The first-order valence-electron chi connectivity index (χ1n) is 8.71. The van der Waals surface area contributed by atoms with Crippen molar-refractivity contribution in [3.63, 3.8) is 0 Å². The number of aromatic nitrogens is 2. The van der Waals surface area contributed by atoms with Crippen LogP contribution < -0.4 is 24.4 Å². The maximum absolute atomic E-state index is 12.5. The second kappa shape index (κ2) is 7.67. The molecule has 0 aliphatic carbocycles. The van der Waals surface area contributed by atoms with E-state index in [1.807, 2.05) is 0 Å². The van der Waals surface area contributed by atoms with Crippen LogP contribution in [0, 0.1) is 0 Å². The molecule has 2 aliphatic heterocycles. The zero-order valence-electron chi connectivity index (χ0n) is 14.9. The first-order valence-corrected chi connectivity index (χ1v) is 8.71. The van der Waals surface area contributed by atoms with E-state index in [1.54, 1.807) is 31.2 Å². The molecule has 2 aromatic rings. The van der Waals surface area contributed by atoms with Gasteiger partial charge in [0.1, 0.15) is 23.7 Å². The fourth-order valence-corrected chi connectivity index (χ4v) is 2.82. The van der Waals surface area contributed by atoms with E-state index in [0.717, 1.165) is 18.9 Å². The van der Waals surface area contributed by atoms with Crippen molar-refractivity contribution in [1.29, 1.82) is 0 Å². The summed E-state index contributed by atoms with van der Waals surface area (Å²) < 4.78 is 21.6. The Balaban J connectivity index is 1.38. The van der Waals surface area contributed by atoms with Crippen LogP contribution in [0.15, 0.2) is 30.6 Å². The lowest BCUT2D eigenvalue weighted by atomic mass is 10.3. The number of hydrogen-bond donors (Lipinski definition) is 1. The van der Waals surface area contributed by atoms with Crippen LogP contribution in [0.3, 0.4) is 0 Å². The van der Waals surface area contributed by atoms with Gasteiger partial charge in [-0.05, 0) is 19.1 Å². The maximum Gasteiger partial charge on any atom is 0.266 e. The molecule has 142 valence electrons. The highest BCUT2D eigenvalue weighted by Gasteiger charge is 2.19. The third-order valence-electron chi connectivity index (χ3n) is 4.27. The molecule has 0 radical (unpaired) electrons. The Labute approximate surface area is 156 Å². The summed E-state index contributed by atoms with van der Waals surface area (Å²) in [6.07, 6.45) is 0.719. The van der Waals surface area contributed by atoms with Crippen LogP contribution in [0.1, 0.15) is 6.92 Å². The molecule has 27 heavy (non-hydrogen) atoms. The Morgan fingerprint density at radius 3 is 2.85 bits per heavy atom. The molecule has 1 aromatic carbocycles. The van der Waals surface area contributed by atoms with Crippen molar-refractivity contribution in [3.8, 4) is 17.2 Å².